The van der Waals surface area contributed by atoms with Crippen molar-refractivity contribution in [3.8, 4) is 0 Å². The molecule has 15 heteroatoms. The van der Waals surface area contributed by atoms with Gasteiger partial charge in [0.2, 0.25) is 11.9 Å². The Labute approximate surface area is 294 Å². The van der Waals surface area contributed by atoms with E-state index in [1.165, 1.54) is 7.11 Å². The molecule has 1 amide bonds. The van der Waals surface area contributed by atoms with Crippen LogP contribution in [-0.2, 0) is 33.2 Å². The lowest BCUT2D eigenvalue weighted by Gasteiger charge is -2.49. The number of amides is 1. The predicted octanol–water partition coefficient (Wildman–Crippen LogP) is 7.45. The highest BCUT2D eigenvalue weighted by Gasteiger charge is 2.43. The van der Waals surface area contributed by atoms with Gasteiger partial charge in [-0.1, -0.05) is 13.8 Å². The Morgan fingerprint density at radius 1 is 0.902 bits per heavy atom. The first-order chi connectivity index (χ1) is 24.1. The minimum absolute atomic E-state index is 0.0611. The van der Waals surface area contributed by atoms with E-state index in [1.54, 1.807) is 28.5 Å². The molecule has 2 fully saturated rings. The van der Waals surface area contributed by atoms with E-state index < -0.39 is 23.5 Å². The maximum atomic E-state index is 14.1. The topological polar surface area (TPSA) is 91.2 Å². The summed E-state index contributed by atoms with van der Waals surface area (Å²) in [5.41, 5.74) is -2.15. The van der Waals surface area contributed by atoms with Crippen LogP contribution in [0.2, 0.25) is 0 Å². The normalized spacial score (nSPS) is 25.6. The number of anilines is 1. The molecule has 3 aliphatic rings. The molecule has 1 saturated heterocycles. The van der Waals surface area contributed by atoms with Gasteiger partial charge in [-0.25, -0.2) is 9.97 Å². The molecule has 1 saturated carbocycles. The van der Waals surface area contributed by atoms with Crippen molar-refractivity contribution in [2.45, 2.75) is 115 Å². The molecule has 3 heterocycles. The Kier molecular flexibility index (Phi) is 11.8. The number of hydrogen-bond donors (Lipinski definition) is 0. The molecule has 0 bridgehead atoms. The number of aromatic nitrogens is 2. The number of alkyl halides is 6. The Morgan fingerprint density at radius 2 is 1.47 bits per heavy atom. The summed E-state index contributed by atoms with van der Waals surface area (Å²) in [6.45, 7) is 4.28. The number of hydrogen-bond acceptors (Lipinski definition) is 8. The van der Waals surface area contributed by atoms with Crippen molar-refractivity contribution in [2.75, 3.05) is 25.6 Å². The molecule has 2 aliphatic heterocycles. The lowest BCUT2D eigenvalue weighted by molar-refractivity contribution is -0.146. The number of nitrogens with zero attached hydrogens (tertiary/aromatic N) is 6. The second-order valence-corrected chi connectivity index (χ2v) is 14.1. The zero-order chi connectivity index (χ0) is 37.1. The molecular weight excluding hydrogens is 678 g/mol. The smallest absolute Gasteiger partial charge is 0.416 e. The first kappa shape index (κ1) is 38.3. The van der Waals surface area contributed by atoms with E-state index in [4.69, 9.17) is 4.74 Å². The summed E-state index contributed by atoms with van der Waals surface area (Å²) >= 11 is 0. The SMILES string of the molecule is CC[C@@H]1C[C@H](N(Cc2cc(C(F)(F)F)cc(C(F)(F)F)c2)c2ncc(C3C=NN(C)C3)cn2)C[C@H](CC)N1C(=O)[C@H]1CC[C@H](CC(=O)OC)CC1. The molecule has 0 spiro atoms. The summed E-state index contributed by atoms with van der Waals surface area (Å²) in [6.07, 6.45) is 0.305. The van der Waals surface area contributed by atoms with Gasteiger partial charge < -0.3 is 14.5 Å². The predicted molar refractivity (Wildman–Crippen MR) is 179 cm³/mol. The van der Waals surface area contributed by atoms with Crippen LogP contribution in [0.25, 0.3) is 0 Å². The Balaban J connectivity index is 1.44. The number of halogens is 6. The van der Waals surface area contributed by atoms with Crippen LogP contribution in [0.5, 0.6) is 0 Å². The van der Waals surface area contributed by atoms with Crippen molar-refractivity contribution in [1.29, 1.82) is 0 Å². The average molecular weight is 725 g/mol. The number of likely N-dealkylation sites (N-methyl/N-ethyl adjacent to an activating group) is 1. The highest BCUT2D eigenvalue weighted by Crippen LogP contribution is 2.40. The van der Waals surface area contributed by atoms with Crippen molar-refractivity contribution < 1.29 is 40.7 Å². The molecule has 1 aliphatic carbocycles. The number of methoxy groups -OCH3 is 1. The summed E-state index contributed by atoms with van der Waals surface area (Å²) in [4.78, 5) is 38.8. The van der Waals surface area contributed by atoms with Gasteiger partial charge in [-0.15, -0.1) is 0 Å². The number of rotatable bonds is 10. The minimum atomic E-state index is -4.99. The van der Waals surface area contributed by atoms with E-state index in [9.17, 15) is 35.9 Å². The van der Waals surface area contributed by atoms with Crippen LogP contribution in [0, 0.1) is 11.8 Å². The number of piperidine rings is 1. The largest absolute Gasteiger partial charge is 0.469 e. The highest BCUT2D eigenvalue weighted by molar-refractivity contribution is 5.80. The van der Waals surface area contributed by atoms with Gasteiger partial charge in [0.25, 0.3) is 0 Å². The summed E-state index contributed by atoms with van der Waals surface area (Å²) in [6, 6.07) is 0.832. The zero-order valence-electron chi connectivity index (χ0n) is 29.4. The van der Waals surface area contributed by atoms with E-state index >= 15 is 0 Å². The zero-order valence-corrected chi connectivity index (χ0v) is 29.4. The fourth-order valence-electron chi connectivity index (χ4n) is 7.84. The monoisotopic (exact) mass is 724 g/mol. The summed E-state index contributed by atoms with van der Waals surface area (Å²) in [5, 5.41) is 6.03. The Bertz CT molecular complexity index is 1500. The third kappa shape index (κ3) is 9.12. The molecule has 4 atom stereocenters. The third-order valence-corrected chi connectivity index (χ3v) is 10.6. The number of likely N-dealkylation sites (tertiary alicyclic amines) is 1. The van der Waals surface area contributed by atoms with Crippen LogP contribution in [0.4, 0.5) is 32.3 Å². The second-order valence-electron chi connectivity index (χ2n) is 14.1. The Hall–Kier alpha value is -3.91. The first-order valence-corrected chi connectivity index (χ1v) is 17.6. The third-order valence-electron chi connectivity index (χ3n) is 10.6. The lowest BCUT2D eigenvalue weighted by Crippen LogP contribution is -2.58. The van der Waals surface area contributed by atoms with E-state index in [-0.39, 0.29) is 71.9 Å². The van der Waals surface area contributed by atoms with Gasteiger partial charge in [-0.3, -0.25) is 14.6 Å². The van der Waals surface area contributed by atoms with E-state index in [0.29, 0.717) is 51.5 Å². The fraction of sp³-hybridized carbons (Fsp3) is 0.639. The summed E-state index contributed by atoms with van der Waals surface area (Å²) in [5.74, 6) is -0.0830. The van der Waals surface area contributed by atoms with Crippen molar-refractivity contribution in [3.05, 3.63) is 52.8 Å². The van der Waals surface area contributed by atoms with Crippen LogP contribution in [0.1, 0.15) is 99.8 Å². The lowest BCUT2D eigenvalue weighted by atomic mass is 9.78. The molecule has 9 nitrogen and oxygen atoms in total. The van der Waals surface area contributed by atoms with Crippen molar-refractivity contribution in [3.63, 3.8) is 0 Å². The molecule has 1 unspecified atom stereocenters. The maximum Gasteiger partial charge on any atom is 0.416 e. The minimum Gasteiger partial charge on any atom is -0.469 e. The van der Waals surface area contributed by atoms with Crippen LogP contribution in [0.15, 0.2) is 35.7 Å². The van der Waals surface area contributed by atoms with Gasteiger partial charge in [0.1, 0.15) is 0 Å². The molecule has 0 N–H and O–H groups in total. The molecule has 1 aromatic carbocycles. The second kappa shape index (κ2) is 15.8. The average Bonchev–Trinajstić information content (AvgIpc) is 3.55. The van der Waals surface area contributed by atoms with Crippen molar-refractivity contribution in [2.24, 2.45) is 16.9 Å². The molecular formula is C36H46F6N6O3. The number of ether oxygens (including phenoxy) is 1. The van der Waals surface area contributed by atoms with Gasteiger partial charge in [-0.05, 0) is 86.6 Å². The van der Waals surface area contributed by atoms with Crippen molar-refractivity contribution >= 4 is 24.0 Å². The van der Waals surface area contributed by atoms with E-state index in [1.807, 2.05) is 25.8 Å². The molecule has 5 rings (SSSR count). The standard InChI is InChI=1S/C36H46F6N6O3/c1-5-29-15-31(16-30(6-2)48(29)33(50)24-9-7-22(8-10-24)13-32(49)51-4)47(34-43-17-25(18-44-34)26-19-45-46(3)21-26)20-23-11-27(35(37,38)39)14-28(12-23)36(40,41)42/h11-12,14,17-19,22,24,26,29-31H,5-10,13,15-16,20-21H2,1-4H3/t22-,24-,26?,29-,30+,31+. The molecule has 2 aromatic rings. The molecule has 0 radical (unpaired) electrons. The number of benzene rings is 1. The quantitative estimate of drug-likeness (QED) is 0.186. The van der Waals surface area contributed by atoms with E-state index in [2.05, 4.69) is 15.1 Å². The highest BCUT2D eigenvalue weighted by atomic mass is 19.4. The van der Waals surface area contributed by atoms with Gasteiger partial charge in [-0.2, -0.15) is 31.4 Å². The number of esters is 1. The van der Waals surface area contributed by atoms with Crippen LogP contribution in [-0.4, -0.2) is 76.8 Å². The Morgan fingerprint density at radius 3 is 1.94 bits per heavy atom. The van der Waals surface area contributed by atoms with Gasteiger partial charge >= 0.3 is 18.3 Å². The maximum absolute atomic E-state index is 14.1. The van der Waals surface area contributed by atoms with Crippen molar-refractivity contribution in [1.82, 2.24) is 19.9 Å². The van der Waals surface area contributed by atoms with Crippen LogP contribution < -0.4 is 4.90 Å². The summed E-state index contributed by atoms with van der Waals surface area (Å²) in [7, 11) is 3.20. The van der Waals surface area contributed by atoms with Crippen LogP contribution in [0.3, 0.4) is 0 Å². The van der Waals surface area contributed by atoms with Crippen LogP contribution >= 0.6 is 0 Å². The van der Waals surface area contributed by atoms with Gasteiger partial charge in [0.05, 0.1) is 18.2 Å². The van der Waals surface area contributed by atoms with Gasteiger partial charge in [0, 0.05) is 75.1 Å². The number of hydrazone groups is 1. The summed E-state index contributed by atoms with van der Waals surface area (Å²) < 4.78 is 87.9. The van der Waals surface area contributed by atoms with E-state index in [0.717, 1.165) is 30.5 Å². The molecule has 51 heavy (non-hydrogen) atoms. The molecule has 280 valence electrons. The fourth-order valence-corrected chi connectivity index (χ4v) is 7.84. The van der Waals surface area contributed by atoms with Gasteiger partial charge in [0.15, 0.2) is 0 Å². The number of carbonyl (C=O) groups excluding carboxylic acids is 2. The molecule has 1 aromatic heterocycles. The number of carbonyl (C=O) groups is 2. The first-order valence-electron chi connectivity index (χ1n) is 17.6.